The Kier molecular flexibility index (Phi) is 5.04. The zero-order valence-corrected chi connectivity index (χ0v) is 12.6. The Balaban J connectivity index is 2.39. The molecule has 21 heavy (non-hydrogen) atoms. The van der Waals surface area contributed by atoms with Gasteiger partial charge in [-0.1, -0.05) is 35.3 Å². The monoisotopic (exact) mass is 327 g/mol. The van der Waals surface area contributed by atoms with Crippen LogP contribution in [0.2, 0.25) is 10.0 Å². The lowest BCUT2D eigenvalue weighted by Gasteiger charge is -2.19. The van der Waals surface area contributed by atoms with Crippen LogP contribution in [0.1, 0.15) is 11.6 Å². The predicted molar refractivity (Wildman–Crippen MR) is 81.2 cm³/mol. The largest absolute Gasteiger partial charge is 0.467 e. The van der Waals surface area contributed by atoms with E-state index in [0.717, 1.165) is 0 Å². The molecular weight excluding hydrogens is 316 g/mol. The number of carbonyl (C=O) groups is 1. The van der Waals surface area contributed by atoms with Gasteiger partial charge >= 0.3 is 5.97 Å². The highest BCUT2D eigenvalue weighted by Crippen LogP contribution is 2.27. The highest BCUT2D eigenvalue weighted by Gasteiger charge is 2.23. The standard InChI is InChI=1S/C15H12Cl2FNO2/c1-21-15(20)14(9-6-10(16)8-11(17)7-9)19-13-5-3-2-4-12(13)18/h2-8,14,19H,1H3. The second-order valence-electron chi connectivity index (χ2n) is 4.28. The molecule has 0 fully saturated rings. The molecule has 110 valence electrons. The number of anilines is 1. The summed E-state index contributed by atoms with van der Waals surface area (Å²) in [5.41, 5.74) is 0.673. The van der Waals surface area contributed by atoms with E-state index >= 15 is 0 Å². The maximum absolute atomic E-state index is 13.7. The topological polar surface area (TPSA) is 38.3 Å². The summed E-state index contributed by atoms with van der Waals surface area (Å²) in [7, 11) is 1.25. The normalized spacial score (nSPS) is 11.8. The minimum absolute atomic E-state index is 0.184. The fraction of sp³-hybridized carbons (Fsp3) is 0.133. The van der Waals surface area contributed by atoms with Crippen molar-refractivity contribution in [1.82, 2.24) is 0 Å². The van der Waals surface area contributed by atoms with Gasteiger partial charge < -0.3 is 10.1 Å². The number of hydrogen-bond acceptors (Lipinski definition) is 3. The van der Waals surface area contributed by atoms with Crippen LogP contribution in [-0.2, 0) is 9.53 Å². The number of methoxy groups -OCH3 is 1. The highest BCUT2D eigenvalue weighted by atomic mass is 35.5. The van der Waals surface area contributed by atoms with Crippen molar-refractivity contribution in [3.8, 4) is 0 Å². The van der Waals surface area contributed by atoms with E-state index in [-0.39, 0.29) is 5.69 Å². The number of halogens is 3. The summed E-state index contributed by atoms with van der Waals surface area (Å²) in [6, 6.07) is 9.81. The molecule has 0 saturated heterocycles. The average Bonchev–Trinajstić information content (AvgIpc) is 2.44. The van der Waals surface area contributed by atoms with Crippen LogP contribution >= 0.6 is 23.2 Å². The summed E-state index contributed by atoms with van der Waals surface area (Å²) in [6.07, 6.45) is 0. The molecule has 0 aromatic heterocycles. The molecular formula is C15H12Cl2FNO2. The Morgan fingerprint density at radius 3 is 2.38 bits per heavy atom. The van der Waals surface area contributed by atoms with Crippen LogP contribution in [0.25, 0.3) is 0 Å². The van der Waals surface area contributed by atoms with Crippen LogP contribution in [0.15, 0.2) is 42.5 Å². The molecule has 1 unspecified atom stereocenters. The molecule has 0 aliphatic carbocycles. The molecule has 0 heterocycles. The first kappa shape index (κ1) is 15.6. The molecule has 6 heteroatoms. The highest BCUT2D eigenvalue weighted by molar-refractivity contribution is 6.34. The molecule has 2 aromatic rings. The number of carbonyl (C=O) groups excluding carboxylic acids is 1. The first-order chi connectivity index (χ1) is 10.0. The van der Waals surface area contributed by atoms with Crippen molar-refractivity contribution in [2.24, 2.45) is 0 Å². The van der Waals surface area contributed by atoms with E-state index in [2.05, 4.69) is 5.32 Å². The molecule has 2 aromatic carbocycles. The first-order valence-corrected chi connectivity index (χ1v) is 6.81. The molecule has 0 bridgehead atoms. The van der Waals surface area contributed by atoms with E-state index in [0.29, 0.717) is 15.6 Å². The van der Waals surface area contributed by atoms with Gasteiger partial charge in [0.2, 0.25) is 0 Å². The second kappa shape index (κ2) is 6.78. The molecule has 0 aliphatic rings. The minimum atomic E-state index is -0.914. The van der Waals surface area contributed by atoms with Gasteiger partial charge in [-0.15, -0.1) is 0 Å². The second-order valence-corrected chi connectivity index (χ2v) is 5.16. The Hall–Kier alpha value is -1.78. The van der Waals surface area contributed by atoms with E-state index in [4.69, 9.17) is 27.9 Å². The molecule has 0 radical (unpaired) electrons. The molecule has 0 aliphatic heterocycles. The zero-order chi connectivity index (χ0) is 15.4. The van der Waals surface area contributed by atoms with Crippen LogP contribution in [0.3, 0.4) is 0 Å². The van der Waals surface area contributed by atoms with Crippen molar-refractivity contribution in [3.05, 3.63) is 63.9 Å². The van der Waals surface area contributed by atoms with Gasteiger partial charge in [0, 0.05) is 10.0 Å². The molecule has 1 atom stereocenters. The number of esters is 1. The van der Waals surface area contributed by atoms with E-state index in [1.165, 1.54) is 19.2 Å². The molecule has 3 nitrogen and oxygen atoms in total. The van der Waals surface area contributed by atoms with Gasteiger partial charge in [-0.3, -0.25) is 0 Å². The van der Waals surface area contributed by atoms with Crippen molar-refractivity contribution in [2.45, 2.75) is 6.04 Å². The van der Waals surface area contributed by atoms with E-state index in [1.54, 1.807) is 30.3 Å². The molecule has 0 amide bonds. The fourth-order valence-corrected chi connectivity index (χ4v) is 2.41. The van der Waals surface area contributed by atoms with Gasteiger partial charge in [-0.25, -0.2) is 9.18 Å². The molecule has 0 spiro atoms. The van der Waals surface area contributed by atoms with Crippen LogP contribution < -0.4 is 5.32 Å². The third-order valence-corrected chi connectivity index (χ3v) is 3.27. The summed E-state index contributed by atoms with van der Waals surface area (Å²) in [6.45, 7) is 0. The summed E-state index contributed by atoms with van der Waals surface area (Å²) in [5.74, 6) is -1.05. The Morgan fingerprint density at radius 1 is 1.19 bits per heavy atom. The van der Waals surface area contributed by atoms with Gasteiger partial charge in [0.25, 0.3) is 0 Å². The number of ether oxygens (including phenoxy) is 1. The van der Waals surface area contributed by atoms with Crippen molar-refractivity contribution < 1.29 is 13.9 Å². The molecule has 0 saturated carbocycles. The minimum Gasteiger partial charge on any atom is -0.467 e. The summed E-state index contributed by atoms with van der Waals surface area (Å²) >= 11 is 11.9. The van der Waals surface area contributed by atoms with Gasteiger partial charge in [0.05, 0.1) is 12.8 Å². The summed E-state index contributed by atoms with van der Waals surface area (Å²) in [5, 5.41) is 3.56. The van der Waals surface area contributed by atoms with Crippen LogP contribution in [0, 0.1) is 5.82 Å². The number of rotatable bonds is 4. The SMILES string of the molecule is COC(=O)C(Nc1ccccc1F)c1cc(Cl)cc(Cl)c1. The van der Waals surface area contributed by atoms with E-state index in [1.807, 2.05) is 0 Å². The fourth-order valence-electron chi connectivity index (χ4n) is 1.87. The Labute approximate surface area is 131 Å². The number of nitrogens with one attached hydrogen (secondary N) is 1. The van der Waals surface area contributed by atoms with Crippen molar-refractivity contribution in [2.75, 3.05) is 12.4 Å². The Bertz CT molecular complexity index is 644. The number of hydrogen-bond donors (Lipinski definition) is 1. The zero-order valence-electron chi connectivity index (χ0n) is 11.1. The smallest absolute Gasteiger partial charge is 0.332 e. The quantitative estimate of drug-likeness (QED) is 0.842. The van der Waals surface area contributed by atoms with E-state index < -0.39 is 17.8 Å². The van der Waals surface area contributed by atoms with Gasteiger partial charge in [0.15, 0.2) is 6.04 Å². The van der Waals surface area contributed by atoms with Gasteiger partial charge in [-0.05, 0) is 35.9 Å². The average molecular weight is 328 g/mol. The van der Waals surface area contributed by atoms with Crippen LogP contribution in [0.4, 0.5) is 10.1 Å². The Morgan fingerprint density at radius 2 is 1.81 bits per heavy atom. The van der Waals surface area contributed by atoms with Gasteiger partial charge in [0.1, 0.15) is 5.82 Å². The third-order valence-electron chi connectivity index (χ3n) is 2.83. The van der Waals surface area contributed by atoms with Crippen LogP contribution in [0.5, 0.6) is 0 Å². The van der Waals surface area contributed by atoms with E-state index in [9.17, 15) is 9.18 Å². The predicted octanol–water partition coefficient (Wildman–Crippen LogP) is 4.46. The summed E-state index contributed by atoms with van der Waals surface area (Å²) in [4.78, 5) is 12.0. The number of benzene rings is 2. The van der Waals surface area contributed by atoms with Crippen molar-refractivity contribution >= 4 is 34.9 Å². The lowest BCUT2D eigenvalue weighted by molar-refractivity contribution is -0.141. The van der Waals surface area contributed by atoms with Crippen LogP contribution in [-0.4, -0.2) is 13.1 Å². The molecule has 1 N–H and O–H groups in total. The first-order valence-electron chi connectivity index (χ1n) is 6.06. The maximum Gasteiger partial charge on any atom is 0.332 e. The lowest BCUT2D eigenvalue weighted by Crippen LogP contribution is -2.22. The number of para-hydroxylation sites is 1. The van der Waals surface area contributed by atoms with Crippen molar-refractivity contribution in [3.63, 3.8) is 0 Å². The lowest BCUT2D eigenvalue weighted by atomic mass is 10.1. The van der Waals surface area contributed by atoms with Gasteiger partial charge in [-0.2, -0.15) is 0 Å². The summed E-state index contributed by atoms with van der Waals surface area (Å²) < 4.78 is 18.5. The maximum atomic E-state index is 13.7. The molecule has 2 rings (SSSR count). The third kappa shape index (κ3) is 3.86. The van der Waals surface area contributed by atoms with Crippen molar-refractivity contribution in [1.29, 1.82) is 0 Å².